The molecule has 0 saturated carbocycles. The Hall–Kier alpha value is -2.11. The lowest BCUT2D eigenvalue weighted by atomic mass is 10.2. The highest BCUT2D eigenvalue weighted by Crippen LogP contribution is 2.36. The van der Waals surface area contributed by atoms with Crippen molar-refractivity contribution in [3.05, 3.63) is 29.0 Å². The van der Waals surface area contributed by atoms with Gasteiger partial charge in [-0.05, 0) is 12.1 Å². The molecule has 2 N–H and O–H groups in total. The van der Waals surface area contributed by atoms with Crippen LogP contribution in [0.5, 0.6) is 0 Å². The van der Waals surface area contributed by atoms with Gasteiger partial charge in [0.2, 0.25) is 15.8 Å². The van der Waals surface area contributed by atoms with Crippen LogP contribution in [0.4, 0.5) is 20.5 Å². The minimum atomic E-state index is -4.75. The molecule has 1 saturated heterocycles. The average molecular weight is 420 g/mol. The van der Waals surface area contributed by atoms with Crippen LogP contribution in [-0.4, -0.2) is 55.9 Å². The average Bonchev–Trinajstić information content (AvgIpc) is 2.61. The molecule has 0 aliphatic carbocycles. The van der Waals surface area contributed by atoms with E-state index >= 15 is 0 Å². The van der Waals surface area contributed by atoms with Crippen molar-refractivity contribution < 1.29 is 21.9 Å². The SMILES string of the molecule is CS(=O)(=O)C(F)(F)c1cc(-c2cnc(N)cc2Cl)nc(N2CCOCC2)n1. The fourth-order valence-electron chi connectivity index (χ4n) is 2.45. The summed E-state index contributed by atoms with van der Waals surface area (Å²) in [4.78, 5) is 13.6. The van der Waals surface area contributed by atoms with Gasteiger partial charge in [-0.3, -0.25) is 0 Å². The predicted molar refractivity (Wildman–Crippen MR) is 96.5 cm³/mol. The lowest BCUT2D eigenvalue weighted by Gasteiger charge is -2.28. The number of rotatable bonds is 4. The van der Waals surface area contributed by atoms with Gasteiger partial charge in [0.15, 0.2) is 0 Å². The van der Waals surface area contributed by atoms with Crippen molar-refractivity contribution in [1.29, 1.82) is 0 Å². The Bertz CT molecular complexity index is 968. The zero-order chi connectivity index (χ0) is 19.8. The van der Waals surface area contributed by atoms with Gasteiger partial charge >= 0.3 is 5.25 Å². The van der Waals surface area contributed by atoms with E-state index in [9.17, 15) is 17.2 Å². The van der Waals surface area contributed by atoms with Crippen LogP contribution < -0.4 is 10.6 Å². The Morgan fingerprint density at radius 3 is 2.52 bits per heavy atom. The van der Waals surface area contributed by atoms with Crippen molar-refractivity contribution in [2.75, 3.05) is 43.2 Å². The Morgan fingerprint density at radius 2 is 1.93 bits per heavy atom. The Kier molecular flexibility index (Phi) is 5.19. The molecule has 146 valence electrons. The Balaban J connectivity index is 2.19. The van der Waals surface area contributed by atoms with E-state index in [0.29, 0.717) is 32.6 Å². The van der Waals surface area contributed by atoms with E-state index < -0.39 is 20.8 Å². The Morgan fingerprint density at radius 1 is 1.26 bits per heavy atom. The summed E-state index contributed by atoms with van der Waals surface area (Å²) < 4.78 is 57.4. The van der Waals surface area contributed by atoms with Gasteiger partial charge in [0.1, 0.15) is 11.5 Å². The molecule has 3 heterocycles. The number of nitrogens with two attached hydrogens (primary N) is 1. The first-order valence-corrected chi connectivity index (χ1v) is 10.1. The molecule has 0 radical (unpaired) electrons. The van der Waals surface area contributed by atoms with Gasteiger partial charge in [0.05, 0.1) is 23.9 Å². The summed E-state index contributed by atoms with van der Waals surface area (Å²) in [5.74, 6) is 0.106. The van der Waals surface area contributed by atoms with Crippen molar-refractivity contribution in [1.82, 2.24) is 15.0 Å². The molecule has 0 spiro atoms. The largest absolute Gasteiger partial charge is 0.386 e. The number of hydrogen-bond acceptors (Lipinski definition) is 8. The molecule has 1 fully saturated rings. The number of nitrogens with zero attached hydrogens (tertiary/aromatic N) is 4. The van der Waals surface area contributed by atoms with Gasteiger partial charge in [-0.15, -0.1) is 0 Å². The molecule has 0 bridgehead atoms. The van der Waals surface area contributed by atoms with Crippen LogP contribution >= 0.6 is 11.6 Å². The van der Waals surface area contributed by atoms with Crippen LogP contribution in [0.3, 0.4) is 0 Å². The first-order chi connectivity index (χ1) is 12.6. The number of aromatic nitrogens is 3. The molecule has 0 unspecified atom stereocenters. The topological polar surface area (TPSA) is 111 Å². The van der Waals surface area contributed by atoms with Crippen LogP contribution in [0.25, 0.3) is 11.3 Å². The van der Waals surface area contributed by atoms with Crippen molar-refractivity contribution in [3.63, 3.8) is 0 Å². The normalized spacial score (nSPS) is 15.8. The molecule has 0 amide bonds. The molecular weight excluding hydrogens is 404 g/mol. The van der Waals surface area contributed by atoms with E-state index in [-0.39, 0.29) is 28.0 Å². The van der Waals surface area contributed by atoms with E-state index in [0.717, 1.165) is 6.07 Å². The molecular formula is C15H16ClF2N5O3S. The highest BCUT2D eigenvalue weighted by molar-refractivity contribution is 7.91. The number of pyridine rings is 1. The second-order valence-electron chi connectivity index (χ2n) is 5.92. The summed E-state index contributed by atoms with van der Waals surface area (Å²) in [5, 5.41) is -4.05. The summed E-state index contributed by atoms with van der Waals surface area (Å²) in [7, 11) is -4.75. The fraction of sp³-hybridized carbons (Fsp3) is 0.400. The van der Waals surface area contributed by atoms with Gasteiger partial charge in [-0.2, -0.15) is 8.78 Å². The molecule has 27 heavy (non-hydrogen) atoms. The molecule has 1 aliphatic heterocycles. The summed E-state index contributed by atoms with van der Waals surface area (Å²) in [5.41, 5.74) is 4.86. The van der Waals surface area contributed by atoms with Gasteiger partial charge in [-0.25, -0.2) is 23.4 Å². The minimum Gasteiger partial charge on any atom is -0.384 e. The van der Waals surface area contributed by atoms with Crippen LogP contribution in [0.15, 0.2) is 18.3 Å². The second-order valence-corrected chi connectivity index (χ2v) is 8.38. The van der Waals surface area contributed by atoms with Crippen LogP contribution in [-0.2, 0) is 19.8 Å². The lowest BCUT2D eigenvalue weighted by molar-refractivity contribution is 0.0863. The number of anilines is 2. The van der Waals surface area contributed by atoms with Gasteiger partial charge in [-0.1, -0.05) is 11.6 Å². The third-order valence-electron chi connectivity index (χ3n) is 3.92. The van der Waals surface area contributed by atoms with Crippen LogP contribution in [0, 0.1) is 0 Å². The number of morpholine rings is 1. The maximum atomic E-state index is 14.5. The number of ether oxygens (including phenoxy) is 1. The fourth-order valence-corrected chi connectivity index (χ4v) is 3.19. The number of sulfone groups is 1. The number of halogens is 3. The summed E-state index contributed by atoms with van der Waals surface area (Å²) in [6.45, 7) is 1.49. The molecule has 1 aliphatic rings. The molecule has 3 rings (SSSR count). The molecule has 8 nitrogen and oxygen atoms in total. The third-order valence-corrected chi connectivity index (χ3v) is 5.38. The third kappa shape index (κ3) is 3.94. The van der Waals surface area contributed by atoms with Gasteiger partial charge in [0.25, 0.3) is 0 Å². The standard InChI is InChI=1S/C15H16ClF2N5O3S/c1-27(24,25)15(17,18)12-7-11(9-8-20-13(19)6-10(9)16)21-14(22-12)23-2-4-26-5-3-23/h6-8H,2-5H2,1H3,(H2,19,20). The molecule has 0 aromatic carbocycles. The zero-order valence-electron chi connectivity index (χ0n) is 14.2. The molecule has 0 atom stereocenters. The first-order valence-electron chi connectivity index (χ1n) is 7.80. The Labute approximate surface area is 159 Å². The van der Waals surface area contributed by atoms with Crippen molar-refractivity contribution in [3.8, 4) is 11.3 Å². The number of hydrogen-bond donors (Lipinski definition) is 1. The molecule has 2 aromatic rings. The maximum absolute atomic E-state index is 14.5. The van der Waals surface area contributed by atoms with E-state index in [1.54, 1.807) is 4.90 Å². The summed E-state index contributed by atoms with van der Waals surface area (Å²) >= 11 is 6.14. The van der Waals surface area contributed by atoms with E-state index in [2.05, 4.69) is 15.0 Å². The van der Waals surface area contributed by atoms with Crippen molar-refractivity contribution in [2.45, 2.75) is 5.25 Å². The lowest BCUT2D eigenvalue weighted by Crippen LogP contribution is -2.38. The molecule has 2 aromatic heterocycles. The van der Waals surface area contributed by atoms with Gasteiger partial charge in [0, 0.05) is 31.1 Å². The second kappa shape index (κ2) is 7.13. The number of nitrogen functional groups attached to an aromatic ring is 1. The van der Waals surface area contributed by atoms with Crippen LogP contribution in [0.2, 0.25) is 5.02 Å². The number of alkyl halides is 2. The summed E-state index contributed by atoms with van der Waals surface area (Å²) in [6, 6.07) is 2.24. The monoisotopic (exact) mass is 419 g/mol. The summed E-state index contributed by atoms with van der Waals surface area (Å²) in [6.07, 6.45) is 1.73. The van der Waals surface area contributed by atoms with Gasteiger partial charge < -0.3 is 15.4 Å². The van der Waals surface area contributed by atoms with E-state index in [1.807, 2.05) is 0 Å². The minimum absolute atomic E-state index is 0.0160. The van der Waals surface area contributed by atoms with Crippen molar-refractivity contribution >= 4 is 33.2 Å². The van der Waals surface area contributed by atoms with E-state index in [4.69, 9.17) is 22.1 Å². The van der Waals surface area contributed by atoms with Crippen molar-refractivity contribution in [2.24, 2.45) is 0 Å². The van der Waals surface area contributed by atoms with Crippen LogP contribution in [0.1, 0.15) is 5.69 Å². The highest BCUT2D eigenvalue weighted by atomic mass is 35.5. The maximum Gasteiger partial charge on any atom is 0.386 e. The zero-order valence-corrected chi connectivity index (χ0v) is 15.8. The first kappa shape index (κ1) is 19.6. The highest BCUT2D eigenvalue weighted by Gasteiger charge is 2.46. The quantitative estimate of drug-likeness (QED) is 0.797. The van der Waals surface area contributed by atoms with E-state index in [1.165, 1.54) is 12.3 Å². The smallest absolute Gasteiger partial charge is 0.384 e. The predicted octanol–water partition coefficient (Wildman–Crippen LogP) is 1.70. The molecule has 12 heteroatoms.